The number of benzene rings is 1. The molecule has 2 rings (SSSR count). The van der Waals surface area contributed by atoms with Crippen LogP contribution >= 0.6 is 22.6 Å². The van der Waals surface area contributed by atoms with Gasteiger partial charge in [-0.25, -0.2) is 4.79 Å². The number of anilines is 1. The maximum Gasteiger partial charge on any atom is 0.375 e. The predicted molar refractivity (Wildman–Crippen MR) is 74.0 cm³/mol. The van der Waals surface area contributed by atoms with Crippen molar-refractivity contribution in [3.63, 3.8) is 0 Å². The van der Waals surface area contributed by atoms with Gasteiger partial charge in [-0.2, -0.15) is 8.42 Å². The van der Waals surface area contributed by atoms with E-state index >= 15 is 0 Å². The third-order valence-corrected chi connectivity index (χ3v) is 4.14. The highest BCUT2D eigenvalue weighted by molar-refractivity contribution is 14.1. The van der Waals surface area contributed by atoms with Crippen LogP contribution in [0.4, 0.5) is 5.69 Å². The molecule has 1 aliphatic rings. The van der Waals surface area contributed by atoms with Gasteiger partial charge in [0.05, 0.1) is 12.3 Å². The van der Waals surface area contributed by atoms with Crippen molar-refractivity contribution in [1.82, 2.24) is 0 Å². The maximum absolute atomic E-state index is 11.9. The van der Waals surface area contributed by atoms with Crippen molar-refractivity contribution < 1.29 is 17.9 Å². The second-order valence-electron chi connectivity index (χ2n) is 3.40. The van der Waals surface area contributed by atoms with Gasteiger partial charge in [-0.1, -0.05) is 0 Å². The van der Waals surface area contributed by atoms with Crippen molar-refractivity contribution in [1.29, 1.82) is 0 Å². The molecule has 0 amide bonds. The molecule has 0 saturated heterocycles. The summed E-state index contributed by atoms with van der Waals surface area (Å²) in [6.07, 6.45) is 0. The molecule has 0 spiro atoms. The van der Waals surface area contributed by atoms with E-state index in [-0.39, 0.29) is 17.3 Å². The summed E-state index contributed by atoms with van der Waals surface area (Å²) in [5.74, 6) is -1.10. The molecule has 0 radical (unpaired) electrons. The summed E-state index contributed by atoms with van der Waals surface area (Å²) in [6.45, 7) is 1.78. The van der Waals surface area contributed by atoms with Gasteiger partial charge in [0.2, 0.25) is 5.84 Å². The maximum atomic E-state index is 11.9. The zero-order valence-electron chi connectivity index (χ0n) is 9.31. The molecule has 0 unspecified atom stereocenters. The first-order chi connectivity index (χ1) is 8.44. The summed E-state index contributed by atoms with van der Waals surface area (Å²) in [5, 5.41) is 2.66. The Balaban J connectivity index is 2.48. The van der Waals surface area contributed by atoms with Crippen LogP contribution in [-0.2, 0) is 19.6 Å². The van der Waals surface area contributed by atoms with Crippen LogP contribution in [-0.4, -0.2) is 26.8 Å². The Hall–Kier alpha value is -1.16. The third-order valence-electron chi connectivity index (χ3n) is 2.15. The van der Waals surface area contributed by atoms with Crippen LogP contribution in [0.1, 0.15) is 6.92 Å². The van der Waals surface area contributed by atoms with Crippen molar-refractivity contribution in [2.45, 2.75) is 11.8 Å². The number of amidine groups is 1. The molecule has 0 fully saturated rings. The molecule has 18 heavy (non-hydrogen) atoms. The molecule has 0 saturated carbocycles. The average Bonchev–Trinajstić information content (AvgIpc) is 2.29. The summed E-state index contributed by atoms with van der Waals surface area (Å²) in [5.41, 5.74) is 0.327. The summed E-state index contributed by atoms with van der Waals surface area (Å²) in [4.78, 5) is 11.5. The molecule has 1 aliphatic heterocycles. The van der Waals surface area contributed by atoms with Gasteiger partial charge in [0, 0.05) is 3.57 Å². The molecule has 0 bridgehead atoms. The highest BCUT2D eigenvalue weighted by Gasteiger charge is 2.28. The van der Waals surface area contributed by atoms with Crippen LogP contribution in [0.25, 0.3) is 0 Å². The van der Waals surface area contributed by atoms with Gasteiger partial charge < -0.3 is 10.1 Å². The van der Waals surface area contributed by atoms with E-state index in [1.54, 1.807) is 19.1 Å². The number of hydrogen-bond donors (Lipinski definition) is 1. The Bertz CT molecular complexity index is 639. The van der Waals surface area contributed by atoms with Gasteiger partial charge in [0.1, 0.15) is 4.90 Å². The highest BCUT2D eigenvalue weighted by Crippen LogP contribution is 2.28. The summed E-state index contributed by atoms with van der Waals surface area (Å²) < 4.78 is 32.7. The number of nitrogens with zero attached hydrogens (tertiary/aromatic N) is 1. The van der Waals surface area contributed by atoms with E-state index in [0.717, 1.165) is 3.57 Å². The minimum atomic E-state index is -3.86. The minimum absolute atomic E-state index is 0.0578. The number of fused-ring (bicyclic) bond motifs is 1. The first kappa shape index (κ1) is 13.3. The predicted octanol–water partition coefficient (Wildman–Crippen LogP) is 1.37. The molecule has 1 aromatic rings. The molecule has 0 atom stereocenters. The van der Waals surface area contributed by atoms with E-state index in [2.05, 4.69) is 9.71 Å². The van der Waals surface area contributed by atoms with Crippen molar-refractivity contribution in [3.05, 3.63) is 21.8 Å². The van der Waals surface area contributed by atoms with Crippen LogP contribution in [0.3, 0.4) is 0 Å². The zero-order valence-corrected chi connectivity index (χ0v) is 12.3. The molecule has 1 N–H and O–H groups in total. The van der Waals surface area contributed by atoms with Gasteiger partial charge >= 0.3 is 5.97 Å². The largest absolute Gasteiger partial charge is 0.460 e. The number of esters is 1. The number of rotatable bonds is 2. The zero-order chi connectivity index (χ0) is 13.3. The van der Waals surface area contributed by atoms with Crippen molar-refractivity contribution in [3.8, 4) is 0 Å². The lowest BCUT2D eigenvalue weighted by Gasteiger charge is -2.17. The van der Waals surface area contributed by atoms with Gasteiger partial charge in [-0.3, -0.25) is 0 Å². The van der Waals surface area contributed by atoms with E-state index < -0.39 is 16.0 Å². The normalized spacial score (nSPS) is 16.2. The van der Waals surface area contributed by atoms with Crippen LogP contribution in [0.2, 0.25) is 0 Å². The SMILES string of the molecule is CCOC(=O)C1=NS(=O)(=O)c2cc(I)ccc2N1. The topological polar surface area (TPSA) is 84.8 Å². The van der Waals surface area contributed by atoms with Crippen molar-refractivity contribution in [2.75, 3.05) is 11.9 Å². The van der Waals surface area contributed by atoms with E-state index in [1.165, 1.54) is 6.07 Å². The lowest BCUT2D eigenvalue weighted by molar-refractivity contribution is -0.135. The standard InChI is InChI=1S/C10H9IN2O4S/c1-2-17-10(14)9-12-7-4-3-6(11)5-8(7)18(15,16)13-9/h3-5H,2H2,1H3,(H,12,13). The number of ether oxygens (including phenoxy) is 1. The average molecular weight is 380 g/mol. The number of carbonyl (C=O) groups excluding carboxylic acids is 1. The van der Waals surface area contributed by atoms with E-state index in [4.69, 9.17) is 4.74 Å². The van der Waals surface area contributed by atoms with E-state index in [9.17, 15) is 13.2 Å². The number of nitrogens with one attached hydrogen (secondary N) is 1. The third kappa shape index (κ3) is 2.48. The summed E-state index contributed by atoms with van der Waals surface area (Å²) in [7, 11) is -3.86. The second kappa shape index (κ2) is 4.84. The van der Waals surface area contributed by atoms with Gasteiger partial charge in [-0.05, 0) is 47.7 Å². The lowest BCUT2D eigenvalue weighted by Crippen LogP contribution is -2.30. The quantitative estimate of drug-likeness (QED) is 0.619. The number of carbonyl (C=O) groups is 1. The van der Waals surface area contributed by atoms with Crippen LogP contribution in [0.15, 0.2) is 27.5 Å². The van der Waals surface area contributed by atoms with Crippen molar-refractivity contribution in [2.24, 2.45) is 4.40 Å². The fraction of sp³-hybridized carbons (Fsp3) is 0.200. The Morgan fingerprint density at radius 1 is 1.50 bits per heavy atom. The number of halogens is 1. The van der Waals surface area contributed by atoms with Crippen LogP contribution < -0.4 is 5.32 Å². The molecule has 1 heterocycles. The molecular weight excluding hydrogens is 371 g/mol. The Morgan fingerprint density at radius 2 is 2.22 bits per heavy atom. The molecule has 1 aromatic carbocycles. The summed E-state index contributed by atoms with van der Waals surface area (Å²) in [6, 6.07) is 4.81. The number of sulfonamides is 1. The number of hydrogen-bond acceptors (Lipinski definition) is 5. The van der Waals surface area contributed by atoms with Gasteiger partial charge in [-0.15, -0.1) is 4.40 Å². The summed E-state index contributed by atoms with van der Waals surface area (Å²) >= 11 is 2.00. The van der Waals surface area contributed by atoms with Crippen LogP contribution in [0, 0.1) is 3.57 Å². The molecule has 0 aliphatic carbocycles. The fourth-order valence-electron chi connectivity index (χ4n) is 1.42. The molecule has 8 heteroatoms. The molecule has 6 nitrogen and oxygen atoms in total. The Morgan fingerprint density at radius 3 is 2.89 bits per heavy atom. The first-order valence-corrected chi connectivity index (χ1v) is 7.54. The first-order valence-electron chi connectivity index (χ1n) is 5.02. The van der Waals surface area contributed by atoms with E-state index in [1.807, 2.05) is 22.6 Å². The Kier molecular flexibility index (Phi) is 3.57. The smallest absolute Gasteiger partial charge is 0.375 e. The lowest BCUT2D eigenvalue weighted by atomic mass is 10.3. The monoisotopic (exact) mass is 380 g/mol. The van der Waals surface area contributed by atoms with Gasteiger partial charge in [0.15, 0.2) is 0 Å². The second-order valence-corrected chi connectivity index (χ2v) is 6.22. The van der Waals surface area contributed by atoms with E-state index in [0.29, 0.717) is 5.69 Å². The molecule has 96 valence electrons. The Labute approximate surface area is 118 Å². The van der Waals surface area contributed by atoms with Crippen molar-refractivity contribution >= 4 is 50.1 Å². The molecule has 0 aromatic heterocycles. The fourth-order valence-corrected chi connectivity index (χ4v) is 3.25. The minimum Gasteiger partial charge on any atom is -0.460 e. The van der Waals surface area contributed by atoms with Gasteiger partial charge in [0.25, 0.3) is 10.0 Å². The van der Waals surface area contributed by atoms with Crippen LogP contribution in [0.5, 0.6) is 0 Å². The molecular formula is C10H9IN2O4S. The highest BCUT2D eigenvalue weighted by atomic mass is 127.